The van der Waals surface area contributed by atoms with Crippen molar-refractivity contribution in [3.63, 3.8) is 0 Å². The fourth-order valence-electron chi connectivity index (χ4n) is 3.98. The molecule has 9 heteroatoms. The van der Waals surface area contributed by atoms with E-state index in [2.05, 4.69) is 11.9 Å². The summed E-state index contributed by atoms with van der Waals surface area (Å²) < 4.78 is 27.2. The number of fused-ring (bicyclic) bond motifs is 2. The first-order valence-electron chi connectivity index (χ1n) is 11.9. The van der Waals surface area contributed by atoms with E-state index >= 15 is 0 Å². The Hall–Kier alpha value is -3.14. The molecule has 2 N–H and O–H groups in total. The lowest BCUT2D eigenvalue weighted by Crippen LogP contribution is -2.31. The molecule has 0 saturated heterocycles. The lowest BCUT2D eigenvalue weighted by Gasteiger charge is -2.25. The van der Waals surface area contributed by atoms with Gasteiger partial charge in [-0.25, -0.2) is 9.59 Å². The van der Waals surface area contributed by atoms with E-state index in [9.17, 15) is 14.7 Å². The molecule has 1 amide bonds. The molecule has 0 aliphatic heterocycles. The van der Waals surface area contributed by atoms with Crippen LogP contribution in [0.3, 0.4) is 0 Å². The predicted octanol–water partition coefficient (Wildman–Crippen LogP) is 2.94. The largest absolute Gasteiger partial charge is 0.490 e. The first kappa shape index (κ1) is 26.5. The highest BCUT2D eigenvalue weighted by atomic mass is 16.6. The zero-order chi connectivity index (χ0) is 24.9. The first-order chi connectivity index (χ1) is 17.2. The van der Waals surface area contributed by atoms with Crippen molar-refractivity contribution in [3.05, 3.63) is 48.0 Å². The van der Waals surface area contributed by atoms with Gasteiger partial charge >= 0.3 is 12.1 Å². The highest BCUT2D eigenvalue weighted by Crippen LogP contribution is 2.44. The van der Waals surface area contributed by atoms with Gasteiger partial charge in [0.2, 0.25) is 0 Å². The van der Waals surface area contributed by atoms with Gasteiger partial charge in [-0.3, -0.25) is 0 Å². The summed E-state index contributed by atoms with van der Waals surface area (Å²) in [5.41, 5.74) is 2.04. The molecule has 0 radical (unpaired) electrons. The predicted molar refractivity (Wildman–Crippen MR) is 130 cm³/mol. The van der Waals surface area contributed by atoms with E-state index < -0.39 is 12.1 Å². The SMILES string of the molecule is C=CC(=O)OCCOCCOCCNC(=O)Oc1c2c(c(OCCO)c3ccccc13)CCCC2. The Morgan fingerprint density at radius 1 is 0.914 bits per heavy atom. The number of hydrogen-bond acceptors (Lipinski definition) is 8. The molecule has 0 heterocycles. The topological polar surface area (TPSA) is 113 Å². The van der Waals surface area contributed by atoms with E-state index in [1.807, 2.05) is 24.3 Å². The van der Waals surface area contributed by atoms with Crippen LogP contribution < -0.4 is 14.8 Å². The molecule has 1 aliphatic carbocycles. The summed E-state index contributed by atoms with van der Waals surface area (Å²) in [5, 5.41) is 13.6. The molecule has 1 aliphatic rings. The first-order valence-corrected chi connectivity index (χ1v) is 11.9. The molecule has 0 unspecified atom stereocenters. The van der Waals surface area contributed by atoms with Crippen LogP contribution in [0.25, 0.3) is 10.8 Å². The van der Waals surface area contributed by atoms with E-state index in [-0.39, 0.29) is 33.0 Å². The minimum absolute atomic E-state index is 0.0664. The van der Waals surface area contributed by atoms with E-state index in [0.717, 1.165) is 59.4 Å². The maximum atomic E-state index is 12.6. The Labute approximate surface area is 204 Å². The maximum Gasteiger partial charge on any atom is 0.412 e. The number of esters is 1. The fourth-order valence-corrected chi connectivity index (χ4v) is 3.98. The average molecular weight is 488 g/mol. The summed E-state index contributed by atoms with van der Waals surface area (Å²) in [4.78, 5) is 23.5. The van der Waals surface area contributed by atoms with E-state index in [4.69, 9.17) is 23.7 Å². The number of rotatable bonds is 14. The standard InChI is InChI=1S/C26H33NO8/c1-2-23(29)33-18-17-32-16-15-31-13-11-27-26(30)35-25-21-9-5-3-7-19(21)24(34-14-12-28)20-8-4-6-10-22(20)25/h2-3,5,7,9,28H,1,4,6,8,10-18H2,(H,27,30). The molecule has 3 rings (SSSR count). The minimum Gasteiger partial charge on any atom is -0.490 e. The highest BCUT2D eigenvalue weighted by Gasteiger charge is 2.25. The van der Waals surface area contributed by atoms with Gasteiger partial charge in [0.05, 0.1) is 33.0 Å². The molecule has 0 bridgehead atoms. The van der Waals surface area contributed by atoms with Crippen molar-refractivity contribution in [3.8, 4) is 11.5 Å². The van der Waals surface area contributed by atoms with Crippen molar-refractivity contribution in [1.29, 1.82) is 0 Å². The van der Waals surface area contributed by atoms with E-state index in [1.165, 1.54) is 0 Å². The van der Waals surface area contributed by atoms with Crippen LogP contribution in [0, 0.1) is 0 Å². The van der Waals surface area contributed by atoms with Gasteiger partial charge in [-0.1, -0.05) is 30.8 Å². The number of aliphatic hydroxyl groups is 1. The van der Waals surface area contributed by atoms with E-state index in [1.54, 1.807) is 0 Å². The van der Waals surface area contributed by atoms with Crippen LogP contribution in [0.1, 0.15) is 24.0 Å². The van der Waals surface area contributed by atoms with Gasteiger partial charge in [0, 0.05) is 34.5 Å². The van der Waals surface area contributed by atoms with Crippen molar-refractivity contribution < 1.29 is 38.4 Å². The summed E-state index contributed by atoms with van der Waals surface area (Å²) in [6.45, 7) is 5.17. The number of ether oxygens (including phenoxy) is 5. The second kappa shape index (κ2) is 14.3. The zero-order valence-corrected chi connectivity index (χ0v) is 19.9. The molecule has 9 nitrogen and oxygen atoms in total. The molecular formula is C26H33NO8. The molecule has 0 fully saturated rings. The lowest BCUT2D eigenvalue weighted by molar-refractivity contribution is -0.139. The molecule has 2 aromatic rings. The molecule has 0 spiro atoms. The molecule has 0 atom stereocenters. The van der Waals surface area contributed by atoms with Crippen molar-refractivity contribution in [1.82, 2.24) is 5.32 Å². The molecule has 190 valence electrons. The fraction of sp³-hybridized carbons (Fsp3) is 0.462. The van der Waals surface area contributed by atoms with Crippen LogP contribution in [0.2, 0.25) is 0 Å². The lowest BCUT2D eigenvalue weighted by atomic mass is 9.87. The summed E-state index contributed by atoms with van der Waals surface area (Å²) >= 11 is 0. The van der Waals surface area contributed by atoms with Gasteiger partial charge in [-0.15, -0.1) is 0 Å². The van der Waals surface area contributed by atoms with Crippen molar-refractivity contribution in [2.24, 2.45) is 0 Å². The van der Waals surface area contributed by atoms with Gasteiger partial charge in [-0.05, 0) is 25.7 Å². The zero-order valence-electron chi connectivity index (χ0n) is 19.9. The average Bonchev–Trinajstić information content (AvgIpc) is 2.89. The smallest absolute Gasteiger partial charge is 0.412 e. The third-order valence-corrected chi connectivity index (χ3v) is 5.49. The van der Waals surface area contributed by atoms with Crippen LogP contribution in [-0.4, -0.2) is 70.0 Å². The van der Waals surface area contributed by atoms with Crippen LogP contribution in [0.5, 0.6) is 11.5 Å². The van der Waals surface area contributed by atoms with Crippen molar-refractivity contribution >= 4 is 22.8 Å². The molecule has 0 aromatic heterocycles. The summed E-state index contributed by atoms with van der Waals surface area (Å²) in [6, 6.07) is 7.68. The molecule has 0 saturated carbocycles. The van der Waals surface area contributed by atoms with Gasteiger partial charge in [0.25, 0.3) is 0 Å². The number of hydrogen-bond donors (Lipinski definition) is 2. The van der Waals surface area contributed by atoms with Crippen LogP contribution in [-0.2, 0) is 31.8 Å². The summed E-state index contributed by atoms with van der Waals surface area (Å²) in [6.07, 6.45) is 4.24. The number of carbonyl (C=O) groups is 2. The normalized spacial score (nSPS) is 12.6. The van der Waals surface area contributed by atoms with Crippen LogP contribution in [0.4, 0.5) is 4.79 Å². The Bertz CT molecular complexity index is 1010. The number of amides is 1. The third kappa shape index (κ3) is 7.68. The number of aliphatic hydroxyl groups excluding tert-OH is 1. The summed E-state index contributed by atoms with van der Waals surface area (Å²) in [7, 11) is 0. The van der Waals surface area contributed by atoms with Crippen LogP contribution in [0.15, 0.2) is 36.9 Å². The molecular weight excluding hydrogens is 454 g/mol. The Balaban J connectivity index is 1.50. The monoisotopic (exact) mass is 487 g/mol. The van der Waals surface area contributed by atoms with E-state index in [0.29, 0.717) is 25.6 Å². The van der Waals surface area contributed by atoms with Gasteiger partial charge in [-0.2, -0.15) is 0 Å². The number of benzene rings is 2. The molecule has 35 heavy (non-hydrogen) atoms. The number of nitrogens with one attached hydrogen (secondary N) is 1. The van der Waals surface area contributed by atoms with Gasteiger partial charge in [0.15, 0.2) is 0 Å². The van der Waals surface area contributed by atoms with Crippen molar-refractivity contribution in [2.75, 3.05) is 52.8 Å². The summed E-state index contributed by atoms with van der Waals surface area (Å²) in [5.74, 6) is 0.851. The Morgan fingerprint density at radius 2 is 1.54 bits per heavy atom. The van der Waals surface area contributed by atoms with Gasteiger partial charge in [0.1, 0.15) is 24.7 Å². The second-order valence-electron chi connectivity index (χ2n) is 7.85. The quantitative estimate of drug-likeness (QED) is 0.238. The highest BCUT2D eigenvalue weighted by molar-refractivity contribution is 5.97. The Morgan fingerprint density at radius 3 is 2.23 bits per heavy atom. The number of carbonyl (C=O) groups excluding carboxylic acids is 2. The van der Waals surface area contributed by atoms with Crippen molar-refractivity contribution in [2.45, 2.75) is 25.7 Å². The minimum atomic E-state index is -0.546. The second-order valence-corrected chi connectivity index (χ2v) is 7.85. The van der Waals surface area contributed by atoms with Gasteiger partial charge < -0.3 is 34.1 Å². The molecule has 2 aromatic carbocycles. The Kier molecular flexibility index (Phi) is 10.8. The third-order valence-electron chi connectivity index (χ3n) is 5.49. The van der Waals surface area contributed by atoms with Crippen LogP contribution >= 0.6 is 0 Å². The maximum absolute atomic E-state index is 12.6.